The molecule has 2 saturated heterocycles. The highest BCUT2D eigenvalue weighted by Gasteiger charge is 2.45. The fourth-order valence-corrected chi connectivity index (χ4v) is 6.10. The van der Waals surface area contributed by atoms with Gasteiger partial charge in [-0.2, -0.15) is 9.97 Å². The van der Waals surface area contributed by atoms with Crippen LogP contribution >= 0.6 is 19.2 Å². The number of hydrogen-bond donors (Lipinski definition) is 3. The first-order valence-electron chi connectivity index (χ1n) is 15.2. The van der Waals surface area contributed by atoms with E-state index in [4.69, 9.17) is 49.1 Å². The van der Waals surface area contributed by atoms with E-state index in [-0.39, 0.29) is 23.5 Å². The summed E-state index contributed by atoms with van der Waals surface area (Å²) in [5, 5.41) is 24.9. The van der Waals surface area contributed by atoms with Gasteiger partial charge < -0.3 is 48.9 Å². The maximum absolute atomic E-state index is 13.5. The number of nitrogens with one attached hydrogen (secondary N) is 1. The Morgan fingerprint density at radius 1 is 1.08 bits per heavy atom. The summed E-state index contributed by atoms with van der Waals surface area (Å²) in [6, 6.07) is -0.0131. The molecule has 2 fully saturated rings. The number of amides is 1. The summed E-state index contributed by atoms with van der Waals surface area (Å²) in [6.07, 6.45) is -7.37. The molecule has 1 amide bonds. The smallest absolute Gasteiger partial charge is 0.432 e. The summed E-state index contributed by atoms with van der Waals surface area (Å²) >= 11 is 6.19. The Hall–Kier alpha value is -3.36. The number of rotatable bonds is 15. The molecule has 274 valence electrons. The second-order valence-corrected chi connectivity index (χ2v) is 14.0. The second-order valence-electron chi connectivity index (χ2n) is 11.6. The number of ether oxygens (including phenoxy) is 6. The van der Waals surface area contributed by atoms with Crippen LogP contribution in [0.1, 0.15) is 40.3 Å². The Kier molecular flexibility index (Phi) is 13.4. The van der Waals surface area contributed by atoms with Crippen molar-refractivity contribution in [2.45, 2.75) is 76.9 Å². The number of hydrogen-bond acceptors (Lipinski definition) is 18. The van der Waals surface area contributed by atoms with Crippen LogP contribution in [0, 0.1) is 0 Å². The first-order valence-corrected chi connectivity index (χ1v) is 17.3. The van der Waals surface area contributed by atoms with Crippen molar-refractivity contribution in [1.82, 2.24) is 24.4 Å². The fraction of sp³-hybridized carbons (Fsp3) is 0.704. The van der Waals surface area contributed by atoms with Crippen molar-refractivity contribution in [1.29, 1.82) is 0 Å². The minimum Gasteiger partial charge on any atom is -0.432 e. The summed E-state index contributed by atoms with van der Waals surface area (Å²) in [4.78, 5) is 50.5. The van der Waals surface area contributed by atoms with E-state index in [1.54, 1.807) is 27.7 Å². The number of carbonyl (C=O) groups is 3. The number of anilines is 1. The minimum atomic E-state index is -4.44. The third-order valence-corrected chi connectivity index (χ3v) is 8.83. The maximum atomic E-state index is 13.5. The van der Waals surface area contributed by atoms with Crippen LogP contribution in [0.3, 0.4) is 0 Å². The molecule has 49 heavy (non-hydrogen) atoms. The summed E-state index contributed by atoms with van der Waals surface area (Å²) < 4.78 is 55.5. The molecular weight excluding hydrogens is 699 g/mol. The van der Waals surface area contributed by atoms with Crippen LogP contribution in [0.5, 0.6) is 0 Å². The molecule has 2 aromatic rings. The van der Waals surface area contributed by atoms with Crippen molar-refractivity contribution < 1.29 is 66.6 Å². The number of imidazole rings is 1. The van der Waals surface area contributed by atoms with Gasteiger partial charge >= 0.3 is 19.9 Å². The number of aromatic nitrogens is 4. The van der Waals surface area contributed by atoms with Gasteiger partial charge in [-0.05, 0) is 45.7 Å². The normalized spacial score (nSPS) is 22.4. The average molecular weight is 739 g/mol. The predicted octanol–water partition coefficient (Wildman–Crippen LogP) is 2.02. The van der Waals surface area contributed by atoms with Gasteiger partial charge in [-0.15, -0.1) is 0 Å². The van der Waals surface area contributed by atoms with Crippen LogP contribution in [0.15, 0.2) is 6.33 Å². The Bertz CT molecular complexity index is 1480. The van der Waals surface area contributed by atoms with Crippen molar-refractivity contribution in [3.63, 3.8) is 0 Å². The number of aliphatic hydroxyl groups excluding tert-OH is 2. The van der Waals surface area contributed by atoms with Crippen molar-refractivity contribution in [3.8, 4) is 0 Å². The molecule has 0 saturated carbocycles. The lowest BCUT2D eigenvalue weighted by molar-refractivity contribution is -0.130. The number of halogens is 1. The highest BCUT2D eigenvalue weighted by atomic mass is 35.5. The Morgan fingerprint density at radius 3 is 2.29 bits per heavy atom. The number of likely N-dealkylation sites (N-methyl/N-ethyl adjacent to an activating group) is 1. The lowest BCUT2D eigenvalue weighted by atomic mass is 10.1. The van der Waals surface area contributed by atoms with Crippen molar-refractivity contribution >= 4 is 54.4 Å². The van der Waals surface area contributed by atoms with E-state index in [2.05, 4.69) is 20.3 Å². The average Bonchev–Trinajstić information content (AvgIpc) is 3.73. The number of nitrogens with zero attached hydrogens (tertiary/aromatic N) is 5. The van der Waals surface area contributed by atoms with Gasteiger partial charge in [0.2, 0.25) is 24.8 Å². The molecule has 4 heterocycles. The molecule has 2 aromatic heterocycles. The zero-order valence-electron chi connectivity index (χ0n) is 27.4. The van der Waals surface area contributed by atoms with E-state index in [0.717, 1.165) is 11.3 Å². The molecule has 0 unspecified atom stereocenters. The van der Waals surface area contributed by atoms with Gasteiger partial charge in [0.05, 0.1) is 31.2 Å². The molecule has 0 radical (unpaired) electrons. The van der Waals surface area contributed by atoms with Crippen LogP contribution in [-0.4, -0.2) is 136 Å². The number of fused-ring (bicyclic) bond motifs is 1. The van der Waals surface area contributed by atoms with Crippen LogP contribution in [0.2, 0.25) is 5.28 Å². The van der Waals surface area contributed by atoms with Gasteiger partial charge in [0.1, 0.15) is 24.5 Å². The monoisotopic (exact) mass is 738 g/mol. The van der Waals surface area contributed by atoms with E-state index >= 15 is 0 Å². The maximum Gasteiger partial charge on any atom is 0.510 e. The van der Waals surface area contributed by atoms with Crippen LogP contribution in [0.25, 0.3) is 11.2 Å². The molecule has 20 nitrogen and oxygen atoms in total. The summed E-state index contributed by atoms with van der Waals surface area (Å²) in [7, 11) is -3.13. The molecular formula is C27H40ClN6O14P. The summed E-state index contributed by atoms with van der Waals surface area (Å²) in [5.74, 6) is -0.469. The molecule has 0 aromatic carbocycles. The summed E-state index contributed by atoms with van der Waals surface area (Å²) in [6.45, 7) is 5.24. The predicted molar refractivity (Wildman–Crippen MR) is 167 cm³/mol. The Morgan fingerprint density at radius 2 is 1.71 bits per heavy atom. The first-order chi connectivity index (χ1) is 23.2. The van der Waals surface area contributed by atoms with E-state index in [1.165, 1.54) is 17.9 Å². The SMILES string of the molecule is CC(C)OC(=O)OCOP(=O)(CC(=O)N(C)C[C@H]1O[C@@H](n2cnc3c(N[C@H]4CCOC4)nc(Cl)nc32)[C@H](O)[C@@H]1O)OCOC(=O)OC(C)C. The molecule has 0 bridgehead atoms. The molecule has 0 aliphatic carbocycles. The molecule has 2 aliphatic rings. The fourth-order valence-electron chi connectivity index (χ4n) is 4.68. The topological polar surface area (TPSA) is 241 Å². The van der Waals surface area contributed by atoms with Gasteiger partial charge in [-0.1, -0.05) is 0 Å². The largest absolute Gasteiger partial charge is 0.510 e. The van der Waals surface area contributed by atoms with Gasteiger partial charge in [-0.25, -0.2) is 14.6 Å². The molecule has 0 spiro atoms. The van der Waals surface area contributed by atoms with Gasteiger partial charge in [-0.3, -0.25) is 23.0 Å². The van der Waals surface area contributed by atoms with Gasteiger partial charge in [0, 0.05) is 20.2 Å². The quantitative estimate of drug-likeness (QED) is 0.102. The zero-order valence-corrected chi connectivity index (χ0v) is 29.1. The molecule has 3 N–H and O–H groups in total. The van der Waals surface area contributed by atoms with Crippen molar-refractivity contribution in [2.75, 3.05) is 51.9 Å². The molecule has 5 atom stereocenters. The van der Waals surface area contributed by atoms with Crippen molar-refractivity contribution in [3.05, 3.63) is 11.6 Å². The Balaban J connectivity index is 1.41. The minimum absolute atomic E-state index is 0.0131. The highest BCUT2D eigenvalue weighted by molar-refractivity contribution is 7.54. The molecule has 2 aliphatic heterocycles. The van der Waals surface area contributed by atoms with E-state index in [1.807, 2.05) is 0 Å². The zero-order chi connectivity index (χ0) is 35.9. The summed E-state index contributed by atoms with van der Waals surface area (Å²) in [5.41, 5.74) is 0.563. The van der Waals surface area contributed by atoms with E-state index in [0.29, 0.717) is 24.5 Å². The first kappa shape index (κ1) is 38.4. The van der Waals surface area contributed by atoms with E-state index < -0.39 is 82.3 Å². The van der Waals surface area contributed by atoms with E-state index in [9.17, 15) is 29.2 Å². The second kappa shape index (κ2) is 17.0. The van der Waals surface area contributed by atoms with Crippen LogP contribution in [-0.2, 0) is 46.8 Å². The molecule has 4 rings (SSSR count). The third-order valence-electron chi connectivity index (χ3n) is 7.00. The number of carbonyl (C=O) groups excluding carboxylic acids is 3. The standard InChI is InChI=1S/C27H40ClN6O14P/c1-14(2)46-26(38)42-12-44-49(40,45-13-43-27(39)47-15(3)4)10-18(35)33(5)8-17-20(36)21(37)24(48-17)34-11-29-19-22(30-16-6-7-41-9-16)31-25(28)32-23(19)34/h11,14-17,20-21,24,36-37H,6-10,12-13H2,1-5H3,(H,30,31,32)/t16-,17+,20+,21+,24+/m0/s1. The van der Waals surface area contributed by atoms with Crippen LogP contribution < -0.4 is 5.32 Å². The lowest BCUT2D eigenvalue weighted by Gasteiger charge is -2.25. The van der Waals surface area contributed by atoms with Gasteiger partial charge in [0.15, 0.2) is 23.2 Å². The molecule has 22 heteroatoms. The lowest BCUT2D eigenvalue weighted by Crippen LogP contribution is -2.41. The Labute approximate surface area is 285 Å². The van der Waals surface area contributed by atoms with Crippen LogP contribution in [0.4, 0.5) is 15.4 Å². The van der Waals surface area contributed by atoms with Crippen molar-refractivity contribution in [2.24, 2.45) is 0 Å². The van der Waals surface area contributed by atoms with Gasteiger partial charge in [0.25, 0.3) is 0 Å². The number of aliphatic hydroxyl groups is 2. The third kappa shape index (κ3) is 10.6. The highest BCUT2D eigenvalue weighted by Crippen LogP contribution is 2.48.